The van der Waals surface area contributed by atoms with Crippen LogP contribution >= 0.6 is 11.8 Å². The highest BCUT2D eigenvalue weighted by atomic mass is 32.2. The Morgan fingerprint density at radius 3 is 2.50 bits per heavy atom. The van der Waals surface area contributed by atoms with Gasteiger partial charge in [-0.3, -0.25) is 0 Å². The minimum Gasteiger partial charge on any atom is -0.309 e. The summed E-state index contributed by atoms with van der Waals surface area (Å²) in [5, 5.41) is 3.56. The third-order valence-corrected chi connectivity index (χ3v) is 3.59. The van der Waals surface area contributed by atoms with Crippen LogP contribution in [0.4, 0.5) is 0 Å². The van der Waals surface area contributed by atoms with Crippen molar-refractivity contribution < 1.29 is 0 Å². The van der Waals surface area contributed by atoms with Crippen LogP contribution in [-0.2, 0) is 0 Å². The summed E-state index contributed by atoms with van der Waals surface area (Å²) in [5.74, 6) is 2.58. The largest absolute Gasteiger partial charge is 0.309 e. The number of thioether (sulfide) groups is 1. The Bertz CT molecular complexity index is 142. The van der Waals surface area contributed by atoms with Crippen LogP contribution in [0.1, 0.15) is 27.2 Å². The molecule has 2 atom stereocenters. The van der Waals surface area contributed by atoms with E-state index in [9.17, 15) is 0 Å². The molecular weight excluding hydrogens is 192 g/mol. The number of hydrogen-bond donors (Lipinski definition) is 1. The van der Waals surface area contributed by atoms with Gasteiger partial charge in [-0.05, 0) is 38.3 Å². The quantitative estimate of drug-likeness (QED) is 0.706. The maximum Gasteiger partial charge on any atom is 0.0169 e. The highest BCUT2D eigenvalue weighted by Gasteiger charge is 2.19. The van der Waals surface area contributed by atoms with Crippen molar-refractivity contribution in [1.29, 1.82) is 0 Å². The summed E-state index contributed by atoms with van der Waals surface area (Å²) in [4.78, 5) is 2.60. The van der Waals surface area contributed by atoms with Gasteiger partial charge in [0.05, 0.1) is 0 Å². The molecule has 1 aliphatic heterocycles. The highest BCUT2D eigenvalue weighted by molar-refractivity contribution is 7.99. The monoisotopic (exact) mass is 216 g/mol. The van der Waals surface area contributed by atoms with Gasteiger partial charge in [-0.15, -0.1) is 0 Å². The lowest BCUT2D eigenvalue weighted by Gasteiger charge is -2.36. The molecule has 0 aromatic carbocycles. The summed E-state index contributed by atoms with van der Waals surface area (Å²) in [5.41, 5.74) is 0. The van der Waals surface area contributed by atoms with Crippen LogP contribution in [0, 0.1) is 0 Å². The molecular formula is C11H24N2S. The Morgan fingerprint density at radius 1 is 1.29 bits per heavy atom. The van der Waals surface area contributed by atoms with Crippen LogP contribution in [0.3, 0.4) is 0 Å². The minimum absolute atomic E-state index is 0.664. The number of piperazine rings is 1. The van der Waals surface area contributed by atoms with Crippen LogP contribution in [-0.4, -0.2) is 48.1 Å². The molecule has 0 bridgehead atoms. The van der Waals surface area contributed by atoms with Crippen molar-refractivity contribution >= 4 is 11.8 Å². The lowest BCUT2D eigenvalue weighted by Crippen LogP contribution is -2.54. The van der Waals surface area contributed by atoms with Gasteiger partial charge < -0.3 is 10.2 Å². The van der Waals surface area contributed by atoms with E-state index in [1.165, 1.54) is 37.6 Å². The standard InChI is InChI=1S/C11H24N2S/c1-4-14-7-5-6-13-8-10(2)12-11(3)9-13/h10-12H,4-9H2,1-3H3. The van der Waals surface area contributed by atoms with E-state index in [1.807, 2.05) is 0 Å². The Morgan fingerprint density at radius 2 is 1.93 bits per heavy atom. The highest BCUT2D eigenvalue weighted by Crippen LogP contribution is 2.07. The predicted octanol–water partition coefficient (Wildman–Crippen LogP) is 1.81. The molecule has 1 N–H and O–H groups in total. The molecule has 1 fully saturated rings. The van der Waals surface area contributed by atoms with Crippen molar-refractivity contribution in [2.45, 2.75) is 39.3 Å². The lowest BCUT2D eigenvalue weighted by molar-refractivity contribution is 0.174. The molecule has 0 aromatic rings. The average Bonchev–Trinajstić information content (AvgIpc) is 2.11. The first-order valence-electron chi connectivity index (χ1n) is 5.78. The Hall–Kier alpha value is 0.270. The maximum absolute atomic E-state index is 3.56. The molecule has 14 heavy (non-hydrogen) atoms. The van der Waals surface area contributed by atoms with Gasteiger partial charge in [0.2, 0.25) is 0 Å². The summed E-state index contributed by atoms with van der Waals surface area (Å²) in [7, 11) is 0. The molecule has 3 heteroatoms. The Kier molecular flexibility index (Phi) is 5.90. The number of rotatable bonds is 5. The first kappa shape index (κ1) is 12.3. The van der Waals surface area contributed by atoms with Crippen LogP contribution in [0.25, 0.3) is 0 Å². The molecule has 1 saturated heterocycles. The van der Waals surface area contributed by atoms with E-state index in [2.05, 4.69) is 42.7 Å². The Balaban J connectivity index is 2.10. The summed E-state index contributed by atoms with van der Waals surface area (Å²) in [6, 6.07) is 1.33. The van der Waals surface area contributed by atoms with E-state index < -0.39 is 0 Å². The molecule has 1 rings (SSSR count). The van der Waals surface area contributed by atoms with E-state index >= 15 is 0 Å². The molecule has 1 aliphatic rings. The van der Waals surface area contributed by atoms with Crippen molar-refractivity contribution in [1.82, 2.24) is 10.2 Å². The molecule has 84 valence electrons. The van der Waals surface area contributed by atoms with Gasteiger partial charge in [0.1, 0.15) is 0 Å². The number of nitrogens with zero attached hydrogens (tertiary/aromatic N) is 1. The van der Waals surface area contributed by atoms with E-state index in [-0.39, 0.29) is 0 Å². The van der Waals surface area contributed by atoms with E-state index in [0.717, 1.165) is 0 Å². The van der Waals surface area contributed by atoms with E-state index in [1.54, 1.807) is 0 Å². The summed E-state index contributed by atoms with van der Waals surface area (Å²) in [6.07, 6.45) is 1.35. The second kappa shape index (κ2) is 6.70. The summed E-state index contributed by atoms with van der Waals surface area (Å²) >= 11 is 2.06. The first-order valence-corrected chi connectivity index (χ1v) is 6.94. The molecule has 0 saturated carbocycles. The topological polar surface area (TPSA) is 15.3 Å². The third kappa shape index (κ3) is 4.67. The van der Waals surface area contributed by atoms with Crippen molar-refractivity contribution in [2.24, 2.45) is 0 Å². The van der Waals surface area contributed by atoms with Crippen molar-refractivity contribution in [3.8, 4) is 0 Å². The zero-order valence-corrected chi connectivity index (χ0v) is 10.6. The maximum atomic E-state index is 3.56. The molecule has 0 aromatic heterocycles. The SMILES string of the molecule is CCSCCCN1CC(C)NC(C)C1. The molecule has 0 radical (unpaired) electrons. The summed E-state index contributed by atoms with van der Waals surface area (Å²) in [6.45, 7) is 10.5. The normalized spacial score (nSPS) is 29.4. The second-order valence-electron chi connectivity index (χ2n) is 4.28. The molecule has 0 aliphatic carbocycles. The Labute approximate surface area is 92.8 Å². The van der Waals surface area contributed by atoms with Crippen LogP contribution in [0.2, 0.25) is 0 Å². The zero-order chi connectivity index (χ0) is 10.4. The third-order valence-electron chi connectivity index (χ3n) is 2.60. The van der Waals surface area contributed by atoms with Crippen molar-refractivity contribution in [2.75, 3.05) is 31.1 Å². The fourth-order valence-corrected chi connectivity index (χ4v) is 2.78. The van der Waals surface area contributed by atoms with Gasteiger partial charge in [-0.1, -0.05) is 6.92 Å². The van der Waals surface area contributed by atoms with Gasteiger partial charge in [0.15, 0.2) is 0 Å². The van der Waals surface area contributed by atoms with Crippen molar-refractivity contribution in [3.63, 3.8) is 0 Å². The van der Waals surface area contributed by atoms with Gasteiger partial charge in [-0.2, -0.15) is 11.8 Å². The van der Waals surface area contributed by atoms with Gasteiger partial charge in [-0.25, -0.2) is 0 Å². The van der Waals surface area contributed by atoms with Gasteiger partial charge in [0.25, 0.3) is 0 Å². The molecule has 2 nitrogen and oxygen atoms in total. The minimum atomic E-state index is 0.664. The van der Waals surface area contributed by atoms with Crippen LogP contribution in [0.15, 0.2) is 0 Å². The first-order chi connectivity index (χ1) is 6.72. The number of nitrogens with one attached hydrogen (secondary N) is 1. The van der Waals surface area contributed by atoms with Gasteiger partial charge in [0, 0.05) is 25.2 Å². The van der Waals surface area contributed by atoms with Gasteiger partial charge >= 0.3 is 0 Å². The van der Waals surface area contributed by atoms with Crippen LogP contribution in [0.5, 0.6) is 0 Å². The van der Waals surface area contributed by atoms with Crippen molar-refractivity contribution in [3.05, 3.63) is 0 Å². The second-order valence-corrected chi connectivity index (χ2v) is 5.67. The van der Waals surface area contributed by atoms with Crippen LogP contribution < -0.4 is 5.32 Å². The average molecular weight is 216 g/mol. The molecule has 2 unspecified atom stereocenters. The van der Waals surface area contributed by atoms with E-state index in [0.29, 0.717) is 12.1 Å². The zero-order valence-electron chi connectivity index (χ0n) is 9.75. The predicted molar refractivity (Wildman–Crippen MR) is 66.1 cm³/mol. The number of hydrogen-bond acceptors (Lipinski definition) is 3. The smallest absolute Gasteiger partial charge is 0.0169 e. The van der Waals surface area contributed by atoms with E-state index in [4.69, 9.17) is 0 Å². The molecule has 0 amide bonds. The summed E-state index contributed by atoms with van der Waals surface area (Å²) < 4.78 is 0. The fraction of sp³-hybridized carbons (Fsp3) is 1.00. The molecule has 0 spiro atoms. The lowest BCUT2D eigenvalue weighted by atomic mass is 10.1. The molecule has 1 heterocycles. The fourth-order valence-electron chi connectivity index (χ4n) is 2.16.